The minimum absolute atomic E-state index is 0.178. The van der Waals surface area contributed by atoms with Crippen LogP contribution in [0.1, 0.15) is 26.2 Å². The Kier molecular flexibility index (Phi) is 7.39. The van der Waals surface area contributed by atoms with Crippen LogP contribution in [0.2, 0.25) is 0 Å². The Morgan fingerprint density at radius 2 is 2.15 bits per heavy atom. The van der Waals surface area contributed by atoms with Gasteiger partial charge < -0.3 is 14.7 Å². The third-order valence-electron chi connectivity index (χ3n) is 1.64. The van der Waals surface area contributed by atoms with E-state index in [1.165, 1.54) is 4.90 Å². The molecule has 0 aromatic rings. The molecule has 4 nitrogen and oxygen atoms in total. The van der Waals surface area contributed by atoms with Crippen LogP contribution >= 0.6 is 0 Å². The van der Waals surface area contributed by atoms with Crippen molar-refractivity contribution >= 4 is 6.09 Å². The van der Waals surface area contributed by atoms with Crippen molar-refractivity contribution in [3.63, 3.8) is 0 Å². The molecule has 0 unspecified atom stereocenters. The Hall–Kier alpha value is -0.770. The van der Waals surface area contributed by atoms with Gasteiger partial charge in [-0.3, -0.25) is 0 Å². The molecule has 78 valence electrons. The minimum atomic E-state index is -0.278. The molecular weight excluding hydrogens is 170 g/mol. The fourth-order valence-electron chi connectivity index (χ4n) is 0.852. The number of nitrogens with zero attached hydrogens (tertiary/aromatic N) is 1. The van der Waals surface area contributed by atoms with Crippen molar-refractivity contribution in [1.29, 1.82) is 0 Å². The molecule has 0 atom stereocenters. The maximum atomic E-state index is 11.1. The summed E-state index contributed by atoms with van der Waals surface area (Å²) in [6.45, 7) is 3.25. The van der Waals surface area contributed by atoms with Crippen LogP contribution in [0.5, 0.6) is 0 Å². The summed E-state index contributed by atoms with van der Waals surface area (Å²) >= 11 is 0. The van der Waals surface area contributed by atoms with Gasteiger partial charge in [0.1, 0.15) is 0 Å². The molecule has 0 heterocycles. The lowest BCUT2D eigenvalue weighted by atomic mass is 10.3. The van der Waals surface area contributed by atoms with E-state index in [0.29, 0.717) is 13.2 Å². The van der Waals surface area contributed by atoms with Gasteiger partial charge in [-0.05, 0) is 19.3 Å². The Morgan fingerprint density at radius 1 is 1.46 bits per heavy atom. The predicted octanol–water partition coefficient (Wildman–Crippen LogP) is 1.24. The topological polar surface area (TPSA) is 49.8 Å². The Balaban J connectivity index is 3.45. The van der Waals surface area contributed by atoms with Crippen LogP contribution in [0, 0.1) is 0 Å². The van der Waals surface area contributed by atoms with E-state index < -0.39 is 0 Å². The van der Waals surface area contributed by atoms with Crippen molar-refractivity contribution in [1.82, 2.24) is 4.90 Å². The number of unbranched alkanes of at least 4 members (excludes halogenated alkanes) is 1. The van der Waals surface area contributed by atoms with Gasteiger partial charge in [0.15, 0.2) is 0 Å². The number of rotatable bonds is 6. The molecule has 1 amide bonds. The quantitative estimate of drug-likeness (QED) is 0.639. The lowest BCUT2D eigenvalue weighted by Crippen LogP contribution is -2.28. The molecule has 0 aromatic heterocycles. The molecule has 0 radical (unpaired) electrons. The zero-order valence-corrected chi connectivity index (χ0v) is 8.45. The average Bonchev–Trinajstić information content (AvgIpc) is 2.14. The SMILES string of the molecule is CCCOC(=O)N(C)CCCCO. The Morgan fingerprint density at radius 3 is 2.69 bits per heavy atom. The maximum Gasteiger partial charge on any atom is 0.409 e. The van der Waals surface area contributed by atoms with Crippen molar-refractivity contribution in [3.05, 3.63) is 0 Å². The van der Waals surface area contributed by atoms with Gasteiger partial charge in [-0.2, -0.15) is 0 Å². The summed E-state index contributed by atoms with van der Waals surface area (Å²) in [6.07, 6.45) is 2.11. The highest BCUT2D eigenvalue weighted by Gasteiger charge is 2.07. The van der Waals surface area contributed by atoms with E-state index in [1.54, 1.807) is 7.05 Å². The molecule has 0 saturated heterocycles. The summed E-state index contributed by atoms with van der Waals surface area (Å²) in [6, 6.07) is 0. The van der Waals surface area contributed by atoms with E-state index in [-0.39, 0.29) is 12.7 Å². The van der Waals surface area contributed by atoms with Gasteiger partial charge in [-0.25, -0.2) is 4.79 Å². The van der Waals surface area contributed by atoms with Crippen LogP contribution in [0.3, 0.4) is 0 Å². The highest BCUT2D eigenvalue weighted by atomic mass is 16.6. The maximum absolute atomic E-state index is 11.1. The second kappa shape index (κ2) is 7.86. The van der Waals surface area contributed by atoms with Crippen molar-refractivity contribution in [2.45, 2.75) is 26.2 Å². The van der Waals surface area contributed by atoms with Gasteiger partial charge in [-0.1, -0.05) is 6.92 Å². The third kappa shape index (κ3) is 6.40. The first-order valence-corrected chi connectivity index (χ1v) is 4.71. The zero-order chi connectivity index (χ0) is 10.1. The molecule has 1 N–H and O–H groups in total. The van der Waals surface area contributed by atoms with Gasteiger partial charge in [-0.15, -0.1) is 0 Å². The number of carbonyl (C=O) groups excluding carboxylic acids is 1. The molecule has 13 heavy (non-hydrogen) atoms. The van der Waals surface area contributed by atoms with E-state index in [1.807, 2.05) is 6.92 Å². The first-order chi connectivity index (χ1) is 6.22. The monoisotopic (exact) mass is 189 g/mol. The summed E-state index contributed by atoms with van der Waals surface area (Å²) in [5, 5.41) is 8.52. The second-order valence-corrected chi connectivity index (χ2v) is 2.97. The van der Waals surface area contributed by atoms with Crippen LogP contribution in [0.25, 0.3) is 0 Å². The highest BCUT2D eigenvalue weighted by Crippen LogP contribution is 1.95. The average molecular weight is 189 g/mol. The van der Waals surface area contributed by atoms with Crippen molar-refractivity contribution in [2.24, 2.45) is 0 Å². The van der Waals surface area contributed by atoms with Crippen molar-refractivity contribution < 1.29 is 14.6 Å². The summed E-state index contributed by atoms with van der Waals surface area (Å²) in [7, 11) is 1.70. The van der Waals surface area contributed by atoms with Crippen molar-refractivity contribution in [2.75, 3.05) is 26.8 Å². The van der Waals surface area contributed by atoms with E-state index in [4.69, 9.17) is 9.84 Å². The second-order valence-electron chi connectivity index (χ2n) is 2.97. The summed E-state index contributed by atoms with van der Waals surface area (Å²) < 4.78 is 4.91. The predicted molar refractivity (Wildman–Crippen MR) is 50.6 cm³/mol. The molecule has 0 fully saturated rings. The lowest BCUT2D eigenvalue weighted by molar-refractivity contribution is 0.110. The molecule has 0 aromatic carbocycles. The summed E-state index contributed by atoms with van der Waals surface area (Å²) in [5.41, 5.74) is 0. The van der Waals surface area contributed by atoms with E-state index in [0.717, 1.165) is 19.3 Å². The fraction of sp³-hybridized carbons (Fsp3) is 0.889. The number of aliphatic hydroxyl groups excluding tert-OH is 1. The summed E-state index contributed by atoms with van der Waals surface area (Å²) in [5.74, 6) is 0. The largest absolute Gasteiger partial charge is 0.449 e. The number of ether oxygens (including phenoxy) is 1. The number of amides is 1. The molecule has 0 aliphatic heterocycles. The number of aliphatic hydroxyl groups is 1. The van der Waals surface area contributed by atoms with Gasteiger partial charge >= 0.3 is 6.09 Å². The van der Waals surface area contributed by atoms with Crippen LogP contribution in [-0.4, -0.2) is 42.9 Å². The normalized spacial score (nSPS) is 9.77. The summed E-state index contributed by atoms with van der Waals surface area (Å²) in [4.78, 5) is 12.7. The lowest BCUT2D eigenvalue weighted by Gasteiger charge is -2.16. The molecular formula is C9H19NO3. The minimum Gasteiger partial charge on any atom is -0.449 e. The van der Waals surface area contributed by atoms with Crippen molar-refractivity contribution in [3.8, 4) is 0 Å². The fourth-order valence-corrected chi connectivity index (χ4v) is 0.852. The van der Waals surface area contributed by atoms with E-state index in [9.17, 15) is 4.79 Å². The van der Waals surface area contributed by atoms with E-state index in [2.05, 4.69) is 0 Å². The highest BCUT2D eigenvalue weighted by molar-refractivity contribution is 5.67. The van der Waals surface area contributed by atoms with Crippen LogP contribution < -0.4 is 0 Å². The Labute approximate surface area is 79.5 Å². The van der Waals surface area contributed by atoms with Gasteiger partial charge in [0.2, 0.25) is 0 Å². The number of hydrogen-bond donors (Lipinski definition) is 1. The van der Waals surface area contributed by atoms with Crippen LogP contribution in [0.15, 0.2) is 0 Å². The van der Waals surface area contributed by atoms with E-state index >= 15 is 0 Å². The zero-order valence-electron chi connectivity index (χ0n) is 8.45. The molecule has 0 bridgehead atoms. The molecule has 0 aliphatic rings. The van der Waals surface area contributed by atoms with Gasteiger partial charge in [0.25, 0.3) is 0 Å². The van der Waals surface area contributed by atoms with Crippen LogP contribution in [-0.2, 0) is 4.74 Å². The molecule has 0 aliphatic carbocycles. The van der Waals surface area contributed by atoms with Crippen LogP contribution in [0.4, 0.5) is 4.79 Å². The number of carbonyl (C=O) groups is 1. The standard InChI is InChI=1S/C9H19NO3/c1-3-8-13-9(12)10(2)6-4-5-7-11/h11H,3-8H2,1-2H3. The number of hydrogen-bond acceptors (Lipinski definition) is 3. The smallest absolute Gasteiger partial charge is 0.409 e. The first-order valence-electron chi connectivity index (χ1n) is 4.71. The molecule has 0 saturated carbocycles. The molecule has 0 spiro atoms. The third-order valence-corrected chi connectivity index (χ3v) is 1.64. The Bertz CT molecular complexity index is 139. The van der Waals surface area contributed by atoms with Gasteiger partial charge in [0, 0.05) is 20.2 Å². The first kappa shape index (κ1) is 12.2. The molecule has 0 rings (SSSR count). The van der Waals surface area contributed by atoms with Gasteiger partial charge in [0.05, 0.1) is 6.61 Å². The molecule has 4 heteroatoms.